The Bertz CT molecular complexity index is 250. The van der Waals surface area contributed by atoms with E-state index >= 15 is 0 Å². The van der Waals surface area contributed by atoms with Crippen molar-refractivity contribution < 1.29 is 8.78 Å². The van der Waals surface area contributed by atoms with Gasteiger partial charge in [0.15, 0.2) is 0 Å². The summed E-state index contributed by atoms with van der Waals surface area (Å²) >= 11 is 0. The van der Waals surface area contributed by atoms with Gasteiger partial charge in [0.1, 0.15) is 17.7 Å². The number of nitrogens with zero attached hydrogens (tertiary/aromatic N) is 1. The minimum atomic E-state index is -0.542. The van der Waals surface area contributed by atoms with Crippen LogP contribution in [0.2, 0.25) is 0 Å². The van der Waals surface area contributed by atoms with Gasteiger partial charge in [-0.05, 0) is 6.08 Å². The van der Waals surface area contributed by atoms with Crippen LogP contribution < -0.4 is 0 Å². The molecule has 0 radical (unpaired) electrons. The van der Waals surface area contributed by atoms with Crippen LogP contribution in [0.25, 0.3) is 0 Å². The third-order valence-corrected chi connectivity index (χ3v) is 1.31. The fraction of sp³-hybridized carbons (Fsp3) is 0.167. The lowest BCUT2D eigenvalue weighted by Crippen LogP contribution is -1.99. The van der Waals surface area contributed by atoms with Gasteiger partial charge < -0.3 is 0 Å². The number of rotatable bonds is 0. The van der Waals surface area contributed by atoms with E-state index in [9.17, 15) is 8.78 Å². The second-order valence-electron chi connectivity index (χ2n) is 2.01. The van der Waals surface area contributed by atoms with Gasteiger partial charge in [0, 0.05) is 6.08 Å². The summed E-state index contributed by atoms with van der Waals surface area (Å²) in [7, 11) is 0. The van der Waals surface area contributed by atoms with Crippen molar-refractivity contribution >= 4 is 5.71 Å². The fourth-order valence-corrected chi connectivity index (χ4v) is 0.825. The molecule has 1 unspecified atom stereocenters. The van der Waals surface area contributed by atoms with E-state index in [-0.39, 0.29) is 0 Å². The normalized spacial score (nSPS) is 30.0. The average Bonchev–Trinajstić information content (AvgIpc) is 2.43. The molecule has 0 spiro atoms. The summed E-state index contributed by atoms with van der Waals surface area (Å²) in [6.07, 6.45) is 2.11. The molecule has 0 aromatic rings. The lowest BCUT2D eigenvalue weighted by molar-refractivity contribution is 0.591. The Morgan fingerprint density at radius 3 is 2.78 bits per heavy atom. The van der Waals surface area contributed by atoms with E-state index in [4.69, 9.17) is 0 Å². The fourth-order valence-electron chi connectivity index (χ4n) is 0.825. The zero-order chi connectivity index (χ0) is 6.43. The van der Waals surface area contributed by atoms with Gasteiger partial charge in [-0.1, -0.05) is 0 Å². The third-order valence-electron chi connectivity index (χ3n) is 1.31. The largest absolute Gasteiger partial charge is 0.270 e. The van der Waals surface area contributed by atoms with Crippen molar-refractivity contribution in [1.29, 1.82) is 0 Å². The SMILES string of the molecule is FC1=CC2=NC2C(F)=C1. The molecule has 2 aliphatic rings. The Hall–Kier alpha value is -0.990. The second-order valence-corrected chi connectivity index (χ2v) is 2.01. The van der Waals surface area contributed by atoms with Crippen molar-refractivity contribution in [2.75, 3.05) is 0 Å². The Labute approximate surface area is 50.4 Å². The van der Waals surface area contributed by atoms with E-state index in [1.54, 1.807) is 0 Å². The molecule has 0 saturated carbocycles. The molecule has 0 amide bonds. The van der Waals surface area contributed by atoms with E-state index < -0.39 is 17.7 Å². The highest BCUT2D eigenvalue weighted by molar-refractivity contribution is 6.12. The molecule has 1 atom stereocenters. The van der Waals surface area contributed by atoms with Crippen molar-refractivity contribution in [3.63, 3.8) is 0 Å². The Morgan fingerprint density at radius 2 is 2.11 bits per heavy atom. The molecule has 0 bridgehead atoms. The lowest BCUT2D eigenvalue weighted by Gasteiger charge is -1.95. The second kappa shape index (κ2) is 1.29. The van der Waals surface area contributed by atoms with Crippen molar-refractivity contribution in [1.82, 2.24) is 0 Å². The first-order valence-electron chi connectivity index (χ1n) is 2.59. The highest BCUT2D eigenvalue weighted by Crippen LogP contribution is 2.29. The zero-order valence-electron chi connectivity index (χ0n) is 4.44. The molecular formula is C6H3F2N. The van der Waals surface area contributed by atoms with Crippen molar-refractivity contribution in [2.45, 2.75) is 6.04 Å². The van der Waals surface area contributed by atoms with Crippen molar-refractivity contribution in [3.05, 3.63) is 23.8 Å². The van der Waals surface area contributed by atoms with Gasteiger partial charge in [-0.3, -0.25) is 4.99 Å². The van der Waals surface area contributed by atoms with Crippen molar-refractivity contribution in [2.24, 2.45) is 4.99 Å². The van der Waals surface area contributed by atoms with Crippen LogP contribution in [0.5, 0.6) is 0 Å². The summed E-state index contributed by atoms with van der Waals surface area (Å²) in [5.74, 6) is -1.02. The maximum absolute atomic E-state index is 12.3. The first-order valence-corrected chi connectivity index (χ1v) is 2.59. The summed E-state index contributed by atoms with van der Waals surface area (Å²) in [6.45, 7) is 0. The number of aliphatic imine (C=N–C) groups is 1. The molecule has 0 fully saturated rings. The van der Waals surface area contributed by atoms with Gasteiger partial charge in [-0.15, -0.1) is 0 Å². The molecule has 9 heavy (non-hydrogen) atoms. The Morgan fingerprint density at radius 1 is 1.33 bits per heavy atom. The Balaban J connectivity index is 2.39. The molecule has 1 aliphatic heterocycles. The monoisotopic (exact) mass is 127 g/mol. The highest BCUT2D eigenvalue weighted by atomic mass is 19.1. The summed E-state index contributed by atoms with van der Waals surface area (Å²) in [5.41, 5.74) is 0.521. The maximum atomic E-state index is 12.3. The van der Waals surface area contributed by atoms with E-state index in [1.807, 2.05) is 0 Å². The summed E-state index contributed by atoms with van der Waals surface area (Å²) < 4.78 is 24.5. The first-order chi connectivity index (χ1) is 4.27. The third kappa shape index (κ3) is 0.608. The molecule has 0 N–H and O–H groups in total. The predicted octanol–water partition coefficient (Wildman–Crippen LogP) is 1.53. The number of hydrogen-bond donors (Lipinski definition) is 0. The van der Waals surface area contributed by atoms with Crippen molar-refractivity contribution in [3.8, 4) is 0 Å². The number of allylic oxidation sites excluding steroid dienone is 2. The average molecular weight is 127 g/mol. The van der Waals surface area contributed by atoms with Gasteiger partial charge in [0.05, 0.1) is 5.71 Å². The maximum Gasteiger partial charge on any atom is 0.143 e. The van der Waals surface area contributed by atoms with E-state index in [0.717, 1.165) is 6.08 Å². The van der Waals surface area contributed by atoms with Crippen LogP contribution in [0.4, 0.5) is 8.78 Å². The molecule has 1 aliphatic carbocycles. The molecule has 0 aromatic carbocycles. The minimum Gasteiger partial charge on any atom is -0.270 e. The molecule has 1 heterocycles. The molecule has 0 aromatic heterocycles. The highest BCUT2D eigenvalue weighted by Gasteiger charge is 2.33. The summed E-state index contributed by atoms with van der Waals surface area (Å²) in [4.78, 5) is 3.64. The van der Waals surface area contributed by atoms with Crippen LogP contribution in [0, 0.1) is 0 Å². The molecular weight excluding hydrogens is 124 g/mol. The van der Waals surface area contributed by atoms with Gasteiger partial charge in [-0.2, -0.15) is 0 Å². The number of halogens is 2. The molecule has 46 valence electrons. The summed E-state index contributed by atoms with van der Waals surface area (Å²) in [6, 6.07) is -0.426. The van der Waals surface area contributed by atoms with Crippen LogP contribution in [-0.2, 0) is 0 Å². The van der Waals surface area contributed by atoms with Gasteiger partial charge in [0.25, 0.3) is 0 Å². The Kier molecular flexibility index (Phi) is 0.695. The minimum absolute atomic E-state index is 0.426. The van der Waals surface area contributed by atoms with E-state index in [0.29, 0.717) is 5.71 Å². The quantitative estimate of drug-likeness (QED) is 0.468. The van der Waals surface area contributed by atoms with E-state index in [1.165, 1.54) is 6.08 Å². The lowest BCUT2D eigenvalue weighted by atomic mass is 10.2. The zero-order valence-corrected chi connectivity index (χ0v) is 4.44. The summed E-state index contributed by atoms with van der Waals surface area (Å²) in [5, 5.41) is 0. The molecule has 3 heteroatoms. The topological polar surface area (TPSA) is 12.4 Å². The molecule has 1 nitrogen and oxygen atoms in total. The van der Waals surface area contributed by atoms with Crippen LogP contribution in [-0.4, -0.2) is 11.8 Å². The van der Waals surface area contributed by atoms with Crippen LogP contribution >= 0.6 is 0 Å². The van der Waals surface area contributed by atoms with Crippen LogP contribution in [0.15, 0.2) is 28.8 Å². The number of fused-ring (bicyclic) bond motifs is 1. The van der Waals surface area contributed by atoms with Crippen LogP contribution in [0.1, 0.15) is 0 Å². The number of hydrogen-bond acceptors (Lipinski definition) is 1. The van der Waals surface area contributed by atoms with Gasteiger partial charge >= 0.3 is 0 Å². The predicted molar refractivity (Wildman–Crippen MR) is 29.6 cm³/mol. The first kappa shape index (κ1) is 4.85. The standard InChI is InChI=1S/C6H3F2N/c7-3-1-4(8)6-5(2-3)9-6/h1-2,6H. The van der Waals surface area contributed by atoms with Gasteiger partial charge in [-0.25, -0.2) is 8.78 Å². The smallest absolute Gasteiger partial charge is 0.143 e. The molecule has 2 rings (SSSR count). The molecule has 0 saturated heterocycles. The van der Waals surface area contributed by atoms with Crippen LogP contribution in [0.3, 0.4) is 0 Å². The van der Waals surface area contributed by atoms with E-state index in [2.05, 4.69) is 4.99 Å². The van der Waals surface area contributed by atoms with Gasteiger partial charge in [0.2, 0.25) is 0 Å².